The normalized spacial score (nSPS) is 12.2. The summed E-state index contributed by atoms with van der Waals surface area (Å²) in [5, 5.41) is 12.5. The zero-order valence-corrected chi connectivity index (χ0v) is 9.29. The largest absolute Gasteiger partial charge is 0.394 e. The van der Waals surface area contributed by atoms with Crippen LogP contribution in [0, 0.1) is 0 Å². The topological polar surface area (TPSA) is 49.3 Å². The Labute approximate surface area is 94.1 Å². The van der Waals surface area contributed by atoms with Gasteiger partial charge in [-0.25, -0.2) is 0 Å². The number of hydrogen-bond donors (Lipinski definition) is 2. The van der Waals surface area contributed by atoms with Crippen LogP contribution in [0.3, 0.4) is 0 Å². The molecule has 1 aromatic carbocycles. The van der Waals surface area contributed by atoms with Crippen molar-refractivity contribution < 1.29 is 9.90 Å². The fourth-order valence-corrected chi connectivity index (χ4v) is 1.35. The Morgan fingerprint density at radius 1 is 1.47 bits per heavy atom. The van der Waals surface area contributed by atoms with Crippen molar-refractivity contribution in [2.24, 2.45) is 0 Å². The molecule has 0 fully saturated rings. The van der Waals surface area contributed by atoms with E-state index in [2.05, 4.69) is 5.32 Å². The summed E-state index contributed by atoms with van der Waals surface area (Å²) in [5.41, 5.74) is 0.851. The van der Waals surface area contributed by atoms with Gasteiger partial charge in [0.15, 0.2) is 0 Å². The lowest BCUT2D eigenvalue weighted by molar-refractivity contribution is -0.121. The van der Waals surface area contributed by atoms with Gasteiger partial charge < -0.3 is 10.4 Å². The van der Waals surface area contributed by atoms with Crippen LogP contribution in [0.25, 0.3) is 0 Å². The first-order valence-electron chi connectivity index (χ1n) is 4.83. The Bertz CT molecular complexity index is 324. The molecule has 0 saturated carbocycles. The van der Waals surface area contributed by atoms with Gasteiger partial charge in [-0.2, -0.15) is 0 Å². The molecule has 1 atom stereocenters. The third kappa shape index (κ3) is 3.53. The van der Waals surface area contributed by atoms with Crippen molar-refractivity contribution in [3.63, 3.8) is 0 Å². The lowest BCUT2D eigenvalue weighted by Gasteiger charge is -2.16. The summed E-state index contributed by atoms with van der Waals surface area (Å²) in [6.07, 6.45) is 0.407. The average Bonchev–Trinajstić information content (AvgIpc) is 2.27. The molecule has 0 spiro atoms. The molecule has 1 rings (SSSR count). The van der Waals surface area contributed by atoms with E-state index in [-0.39, 0.29) is 18.6 Å². The minimum Gasteiger partial charge on any atom is -0.394 e. The van der Waals surface area contributed by atoms with Gasteiger partial charge in [0, 0.05) is 11.4 Å². The molecule has 3 nitrogen and oxygen atoms in total. The summed E-state index contributed by atoms with van der Waals surface area (Å²) in [5.74, 6) is -0.0796. The van der Waals surface area contributed by atoms with Crippen molar-refractivity contribution in [3.05, 3.63) is 34.9 Å². The molecule has 4 heteroatoms. The fourth-order valence-electron chi connectivity index (χ4n) is 1.23. The van der Waals surface area contributed by atoms with Gasteiger partial charge >= 0.3 is 0 Å². The first-order chi connectivity index (χ1) is 7.17. The summed E-state index contributed by atoms with van der Waals surface area (Å²) in [7, 11) is 0. The van der Waals surface area contributed by atoms with E-state index >= 15 is 0 Å². The maximum Gasteiger partial charge on any atom is 0.220 e. The van der Waals surface area contributed by atoms with E-state index < -0.39 is 0 Å². The minimum absolute atomic E-state index is 0.0796. The van der Waals surface area contributed by atoms with Gasteiger partial charge in [-0.05, 0) is 17.7 Å². The molecule has 0 aromatic heterocycles. The zero-order chi connectivity index (χ0) is 11.3. The standard InChI is InChI=1S/C11H14ClNO2/c1-2-11(15)13-10(7-14)8-3-5-9(12)6-4-8/h3-6,10,14H,2,7H2,1H3,(H,13,15). The van der Waals surface area contributed by atoms with Crippen LogP contribution in [0.2, 0.25) is 5.02 Å². The monoisotopic (exact) mass is 227 g/mol. The van der Waals surface area contributed by atoms with Gasteiger partial charge in [0.25, 0.3) is 0 Å². The summed E-state index contributed by atoms with van der Waals surface area (Å²) in [6.45, 7) is 1.65. The minimum atomic E-state index is -0.352. The van der Waals surface area contributed by atoms with Gasteiger partial charge in [0.1, 0.15) is 0 Å². The molecule has 1 aromatic rings. The second kappa shape index (κ2) is 5.73. The summed E-state index contributed by atoms with van der Waals surface area (Å²) in [4.78, 5) is 11.2. The van der Waals surface area contributed by atoms with Gasteiger partial charge in [0.2, 0.25) is 5.91 Å². The molecule has 0 aliphatic rings. The molecule has 0 saturated heterocycles. The Kier molecular flexibility index (Phi) is 4.59. The lowest BCUT2D eigenvalue weighted by Crippen LogP contribution is -2.29. The highest BCUT2D eigenvalue weighted by molar-refractivity contribution is 6.30. The SMILES string of the molecule is CCC(=O)NC(CO)c1ccc(Cl)cc1. The third-order valence-electron chi connectivity index (χ3n) is 2.11. The molecular weight excluding hydrogens is 214 g/mol. The molecule has 0 aliphatic carbocycles. The molecule has 0 aliphatic heterocycles. The predicted octanol–water partition coefficient (Wildman–Crippen LogP) is 1.90. The van der Waals surface area contributed by atoms with Crippen molar-refractivity contribution >= 4 is 17.5 Å². The fraction of sp³-hybridized carbons (Fsp3) is 0.364. The van der Waals surface area contributed by atoms with E-state index in [9.17, 15) is 4.79 Å². The van der Waals surface area contributed by atoms with E-state index in [1.54, 1.807) is 31.2 Å². The number of hydrogen-bond acceptors (Lipinski definition) is 2. The van der Waals surface area contributed by atoms with Crippen molar-refractivity contribution in [2.45, 2.75) is 19.4 Å². The molecule has 0 radical (unpaired) electrons. The third-order valence-corrected chi connectivity index (χ3v) is 2.36. The highest BCUT2D eigenvalue weighted by atomic mass is 35.5. The first kappa shape index (κ1) is 12.0. The summed E-state index contributed by atoms with van der Waals surface area (Å²) in [6, 6.07) is 6.70. The van der Waals surface area contributed by atoms with Crippen LogP contribution < -0.4 is 5.32 Å². The number of aliphatic hydroxyl groups is 1. The number of carbonyl (C=O) groups is 1. The number of nitrogens with one attached hydrogen (secondary N) is 1. The number of rotatable bonds is 4. The number of benzene rings is 1. The maximum absolute atomic E-state index is 11.2. The molecule has 1 amide bonds. The maximum atomic E-state index is 11.2. The smallest absolute Gasteiger partial charge is 0.220 e. The van der Waals surface area contributed by atoms with E-state index in [1.807, 2.05) is 0 Å². The van der Waals surface area contributed by atoms with E-state index in [0.717, 1.165) is 5.56 Å². The van der Waals surface area contributed by atoms with Crippen molar-refractivity contribution in [2.75, 3.05) is 6.61 Å². The summed E-state index contributed by atoms with van der Waals surface area (Å²) < 4.78 is 0. The molecule has 0 heterocycles. The van der Waals surface area contributed by atoms with Crippen LogP contribution in [0.5, 0.6) is 0 Å². The van der Waals surface area contributed by atoms with Crippen molar-refractivity contribution in [3.8, 4) is 0 Å². The van der Waals surface area contributed by atoms with Gasteiger partial charge in [-0.15, -0.1) is 0 Å². The highest BCUT2D eigenvalue weighted by Crippen LogP contribution is 2.16. The number of aliphatic hydroxyl groups excluding tert-OH is 1. The average molecular weight is 228 g/mol. The highest BCUT2D eigenvalue weighted by Gasteiger charge is 2.11. The Balaban J connectivity index is 2.74. The van der Waals surface area contributed by atoms with Crippen LogP contribution in [0.1, 0.15) is 24.9 Å². The Morgan fingerprint density at radius 2 is 2.07 bits per heavy atom. The number of carbonyl (C=O) groups excluding carboxylic acids is 1. The second-order valence-electron chi connectivity index (χ2n) is 3.21. The quantitative estimate of drug-likeness (QED) is 0.826. The van der Waals surface area contributed by atoms with Crippen LogP contribution in [0.15, 0.2) is 24.3 Å². The van der Waals surface area contributed by atoms with Crippen LogP contribution in [0.4, 0.5) is 0 Å². The van der Waals surface area contributed by atoms with Crippen molar-refractivity contribution in [1.29, 1.82) is 0 Å². The summed E-state index contributed by atoms with van der Waals surface area (Å²) >= 11 is 5.74. The predicted molar refractivity (Wildman–Crippen MR) is 59.7 cm³/mol. The number of halogens is 1. The van der Waals surface area contributed by atoms with Crippen LogP contribution >= 0.6 is 11.6 Å². The lowest BCUT2D eigenvalue weighted by atomic mass is 10.1. The second-order valence-corrected chi connectivity index (χ2v) is 3.64. The zero-order valence-electron chi connectivity index (χ0n) is 8.53. The molecule has 15 heavy (non-hydrogen) atoms. The Hall–Kier alpha value is -1.06. The van der Waals surface area contributed by atoms with Crippen LogP contribution in [-0.2, 0) is 4.79 Å². The van der Waals surface area contributed by atoms with Gasteiger partial charge in [0.05, 0.1) is 12.6 Å². The van der Waals surface area contributed by atoms with E-state index in [0.29, 0.717) is 11.4 Å². The van der Waals surface area contributed by atoms with Crippen LogP contribution in [-0.4, -0.2) is 17.6 Å². The van der Waals surface area contributed by atoms with E-state index in [4.69, 9.17) is 16.7 Å². The molecule has 1 unspecified atom stereocenters. The van der Waals surface area contributed by atoms with E-state index in [1.165, 1.54) is 0 Å². The Morgan fingerprint density at radius 3 is 2.53 bits per heavy atom. The number of amides is 1. The first-order valence-corrected chi connectivity index (χ1v) is 5.20. The molecule has 2 N–H and O–H groups in total. The molecule has 82 valence electrons. The van der Waals surface area contributed by atoms with Crippen molar-refractivity contribution in [1.82, 2.24) is 5.32 Å². The molecule has 0 bridgehead atoms. The van der Waals surface area contributed by atoms with Gasteiger partial charge in [-0.3, -0.25) is 4.79 Å². The molecular formula is C11H14ClNO2. The van der Waals surface area contributed by atoms with Gasteiger partial charge in [-0.1, -0.05) is 30.7 Å².